The van der Waals surface area contributed by atoms with E-state index in [0.29, 0.717) is 19.3 Å². The molecule has 2 amide bonds. The van der Waals surface area contributed by atoms with E-state index in [2.05, 4.69) is 5.32 Å². The predicted octanol–water partition coefficient (Wildman–Crippen LogP) is 1.08. The molecule has 1 aromatic carbocycles. The van der Waals surface area contributed by atoms with Crippen molar-refractivity contribution in [1.29, 1.82) is 0 Å². The van der Waals surface area contributed by atoms with Crippen LogP contribution in [0.4, 0.5) is 0 Å². The van der Waals surface area contributed by atoms with Crippen molar-refractivity contribution in [2.24, 2.45) is 17.8 Å². The van der Waals surface area contributed by atoms with E-state index < -0.39 is 91.4 Å². The zero-order chi connectivity index (χ0) is 36.4. The van der Waals surface area contributed by atoms with Gasteiger partial charge in [-0.15, -0.1) is 0 Å². The zero-order valence-corrected chi connectivity index (χ0v) is 29.4. The first-order valence-corrected chi connectivity index (χ1v) is 17.3. The molecule has 0 spiro atoms. The van der Waals surface area contributed by atoms with E-state index in [1.54, 1.807) is 20.9 Å². The molecule has 0 radical (unpaired) electrons. The first kappa shape index (κ1) is 40.5. The Bertz CT molecular complexity index is 1230. The molecule has 0 aromatic heterocycles. The van der Waals surface area contributed by atoms with Gasteiger partial charge in [0.25, 0.3) is 0 Å². The Hall–Kier alpha value is -2.91. The number of carbonyl (C=O) groups is 3. The van der Waals surface area contributed by atoms with Crippen molar-refractivity contribution < 1.29 is 54.1 Å². The van der Waals surface area contributed by atoms with Gasteiger partial charge in [-0.25, -0.2) is 4.79 Å². The quantitative estimate of drug-likeness (QED) is 0.136. The van der Waals surface area contributed by atoms with Crippen molar-refractivity contribution in [3.63, 3.8) is 0 Å². The van der Waals surface area contributed by atoms with Crippen molar-refractivity contribution in [3.05, 3.63) is 48.0 Å². The van der Waals surface area contributed by atoms with Crippen molar-refractivity contribution in [1.82, 2.24) is 10.2 Å². The van der Waals surface area contributed by atoms with Crippen LogP contribution in [0.5, 0.6) is 0 Å². The first-order valence-electron chi connectivity index (χ1n) is 17.3. The lowest BCUT2D eigenvalue weighted by Crippen LogP contribution is -2.59. The number of carbonyl (C=O) groups excluding carboxylic acids is 3. The summed E-state index contributed by atoms with van der Waals surface area (Å²) in [6.45, 7) is 8.44. The third kappa shape index (κ3) is 10.8. The number of benzene rings is 1. The molecule has 3 rings (SSSR count). The third-order valence-corrected chi connectivity index (χ3v) is 9.81. The summed E-state index contributed by atoms with van der Waals surface area (Å²) in [5.74, 6) is -2.87. The molecule has 13 nitrogen and oxygen atoms in total. The molecule has 2 heterocycles. The molecule has 276 valence electrons. The highest BCUT2D eigenvalue weighted by molar-refractivity contribution is 5.91. The number of likely N-dealkylation sites (N-methyl/N-ethyl adjacent to an activating group) is 1. The van der Waals surface area contributed by atoms with E-state index in [1.807, 2.05) is 63.3 Å². The lowest BCUT2D eigenvalue weighted by atomic mass is 9.89. The van der Waals surface area contributed by atoms with E-state index in [1.165, 1.54) is 4.90 Å². The van der Waals surface area contributed by atoms with Crippen LogP contribution in [0.25, 0.3) is 0 Å². The zero-order valence-electron chi connectivity index (χ0n) is 29.4. The van der Waals surface area contributed by atoms with Gasteiger partial charge in [0.15, 0.2) is 6.29 Å². The Kier molecular flexibility index (Phi) is 15.6. The molecular formula is C36H56N2O11. The number of hydrogen-bond acceptors (Lipinski definition) is 11. The SMILES string of the molecule is CCC(C)C1C(=O)OC(C(C)C/C=C/C[C@@H](C)O[C@@H]2O[C@H](CO)[C@@H](O)[C@H](O)[C@@H]2O)CC(O)C(C)C(=O)NC(Cc2ccccc2)C(=O)N1C. The summed E-state index contributed by atoms with van der Waals surface area (Å²) < 4.78 is 17.2. The fourth-order valence-corrected chi connectivity index (χ4v) is 6.18. The van der Waals surface area contributed by atoms with Gasteiger partial charge in [-0.05, 0) is 37.2 Å². The molecule has 13 atom stereocenters. The van der Waals surface area contributed by atoms with E-state index in [-0.39, 0.29) is 24.7 Å². The lowest BCUT2D eigenvalue weighted by molar-refractivity contribution is -0.309. The summed E-state index contributed by atoms with van der Waals surface area (Å²) in [6.07, 6.45) is -3.83. The first-order chi connectivity index (χ1) is 23.2. The fraction of sp³-hybridized carbons (Fsp3) is 0.694. The minimum Gasteiger partial charge on any atom is -0.460 e. The number of ether oxygens (including phenoxy) is 3. The van der Waals surface area contributed by atoms with E-state index >= 15 is 0 Å². The van der Waals surface area contributed by atoms with Crippen molar-refractivity contribution in [3.8, 4) is 0 Å². The second-order valence-corrected chi connectivity index (χ2v) is 13.7. The maximum Gasteiger partial charge on any atom is 0.329 e. The van der Waals surface area contributed by atoms with Gasteiger partial charge in [0.05, 0.1) is 24.7 Å². The van der Waals surface area contributed by atoms with Crippen LogP contribution < -0.4 is 5.32 Å². The summed E-state index contributed by atoms with van der Waals surface area (Å²) in [6, 6.07) is 7.43. The average molecular weight is 693 g/mol. The molecule has 6 N–H and O–H groups in total. The molecule has 0 saturated carbocycles. The van der Waals surface area contributed by atoms with Gasteiger partial charge >= 0.3 is 5.97 Å². The van der Waals surface area contributed by atoms with Crippen LogP contribution in [0.1, 0.15) is 65.9 Å². The molecule has 49 heavy (non-hydrogen) atoms. The van der Waals surface area contributed by atoms with E-state index in [0.717, 1.165) is 5.56 Å². The monoisotopic (exact) mass is 692 g/mol. The second kappa shape index (κ2) is 18.9. The summed E-state index contributed by atoms with van der Waals surface area (Å²) in [4.78, 5) is 42.5. The normalized spacial score (nSPS) is 34.0. The number of aliphatic hydroxyl groups is 5. The van der Waals surface area contributed by atoms with E-state index in [4.69, 9.17) is 14.2 Å². The van der Waals surface area contributed by atoms with Crippen molar-refractivity contribution in [2.75, 3.05) is 13.7 Å². The highest BCUT2D eigenvalue weighted by atomic mass is 16.7. The highest BCUT2D eigenvalue weighted by Crippen LogP contribution is 2.27. The molecule has 0 aliphatic carbocycles. The molecule has 2 aliphatic heterocycles. The summed E-state index contributed by atoms with van der Waals surface area (Å²) in [7, 11) is 1.56. The minimum atomic E-state index is -1.54. The summed E-state index contributed by atoms with van der Waals surface area (Å²) in [5.41, 5.74) is 0.842. The number of esters is 1. The Morgan fingerprint density at radius 2 is 1.63 bits per heavy atom. The number of aliphatic hydroxyl groups excluding tert-OH is 5. The summed E-state index contributed by atoms with van der Waals surface area (Å²) in [5, 5.41) is 53.7. The predicted molar refractivity (Wildman–Crippen MR) is 180 cm³/mol. The van der Waals surface area contributed by atoms with Crippen LogP contribution in [0.3, 0.4) is 0 Å². The number of rotatable bonds is 12. The van der Waals surface area contributed by atoms with E-state index in [9.17, 15) is 39.9 Å². The number of cyclic esters (lactones) is 1. The van der Waals surface area contributed by atoms with Crippen LogP contribution in [-0.4, -0.2) is 123 Å². The maximum absolute atomic E-state index is 13.9. The standard InChI is InChI=1S/C36H56N2O11/c1-7-20(2)29-35(46)48-27(21(3)13-11-12-14-22(4)47-36-32(43)31(42)30(41)28(19-39)49-36)18-26(40)23(5)33(44)37-25(34(45)38(29)6)17-24-15-9-8-10-16-24/h8-12,15-16,20-23,25-32,36,39-43H,7,13-14,17-19H2,1-6H3,(H,37,44)/b12-11+/t20?,21?,22-,23?,25?,26?,27?,28-,29?,30-,31+,32+,36-/m1/s1. The number of nitrogens with zero attached hydrogens (tertiary/aromatic N) is 1. The minimum absolute atomic E-state index is 0.0141. The van der Waals surface area contributed by atoms with Gasteiger partial charge in [0.1, 0.15) is 42.6 Å². The summed E-state index contributed by atoms with van der Waals surface area (Å²) >= 11 is 0. The van der Waals surface area contributed by atoms with Gasteiger partial charge in [-0.3, -0.25) is 9.59 Å². The molecule has 13 heteroatoms. The Labute approximate surface area is 289 Å². The van der Waals surface area contributed by atoms with Crippen molar-refractivity contribution >= 4 is 17.8 Å². The molecule has 7 unspecified atom stereocenters. The number of amides is 2. The largest absolute Gasteiger partial charge is 0.460 e. The van der Waals surface area contributed by atoms with Gasteiger partial charge in [-0.2, -0.15) is 0 Å². The van der Waals surface area contributed by atoms with Gasteiger partial charge in [-0.1, -0.05) is 76.6 Å². The molecule has 2 saturated heterocycles. The smallest absolute Gasteiger partial charge is 0.329 e. The number of hydrogen-bond donors (Lipinski definition) is 6. The third-order valence-electron chi connectivity index (χ3n) is 9.81. The highest BCUT2D eigenvalue weighted by Gasteiger charge is 2.44. The van der Waals surface area contributed by atoms with Gasteiger partial charge in [0, 0.05) is 19.9 Å². The molecule has 2 aliphatic rings. The maximum atomic E-state index is 13.9. The van der Waals surface area contributed by atoms with Crippen LogP contribution in [0.2, 0.25) is 0 Å². The molecule has 0 bridgehead atoms. The molecule has 2 fully saturated rings. The molecular weight excluding hydrogens is 636 g/mol. The Balaban J connectivity index is 1.73. The van der Waals surface area contributed by atoms with Crippen LogP contribution in [0.15, 0.2) is 42.5 Å². The topological polar surface area (TPSA) is 195 Å². The van der Waals surface area contributed by atoms with Gasteiger partial charge in [0.2, 0.25) is 11.8 Å². The average Bonchev–Trinajstić information content (AvgIpc) is 3.08. The number of nitrogens with one attached hydrogen (secondary N) is 1. The number of allylic oxidation sites excluding steroid dienone is 1. The Morgan fingerprint density at radius 1 is 0.980 bits per heavy atom. The molecule has 1 aromatic rings. The van der Waals surface area contributed by atoms with Crippen molar-refractivity contribution in [2.45, 2.75) is 128 Å². The second-order valence-electron chi connectivity index (χ2n) is 13.7. The fourth-order valence-electron chi connectivity index (χ4n) is 6.18. The Morgan fingerprint density at radius 3 is 2.27 bits per heavy atom. The van der Waals surface area contributed by atoms with Gasteiger partial charge < -0.3 is 50.0 Å². The van der Waals surface area contributed by atoms with Crippen LogP contribution in [-0.2, 0) is 35.0 Å². The lowest BCUT2D eigenvalue weighted by Gasteiger charge is -2.40. The van der Waals surface area contributed by atoms with Crippen LogP contribution in [0, 0.1) is 17.8 Å². The van der Waals surface area contributed by atoms with Crippen LogP contribution >= 0.6 is 0 Å².